The van der Waals surface area contributed by atoms with E-state index in [9.17, 15) is 0 Å². The Labute approximate surface area is 138 Å². The summed E-state index contributed by atoms with van der Waals surface area (Å²) in [4.78, 5) is 2.35. The van der Waals surface area contributed by atoms with Crippen molar-refractivity contribution in [1.29, 1.82) is 0 Å². The quantitative estimate of drug-likeness (QED) is 0.890. The van der Waals surface area contributed by atoms with E-state index in [0.29, 0.717) is 12.1 Å². The summed E-state index contributed by atoms with van der Waals surface area (Å²) in [7, 11) is 0. The minimum absolute atomic E-state index is 0.530. The predicted octanol–water partition coefficient (Wildman–Crippen LogP) is 3.06. The van der Waals surface area contributed by atoms with Crippen molar-refractivity contribution in [2.75, 3.05) is 18.0 Å². The number of rotatable bonds is 6. The molecule has 122 valence electrons. The zero-order chi connectivity index (χ0) is 15.9. The van der Waals surface area contributed by atoms with E-state index in [2.05, 4.69) is 57.7 Å². The average molecular weight is 310 g/mol. The molecule has 1 aliphatic rings. The van der Waals surface area contributed by atoms with E-state index in [0.717, 1.165) is 25.3 Å². The van der Waals surface area contributed by atoms with Crippen LogP contribution in [0.4, 0.5) is 5.82 Å². The predicted molar refractivity (Wildman–Crippen MR) is 94.6 cm³/mol. The van der Waals surface area contributed by atoms with E-state index >= 15 is 0 Å². The van der Waals surface area contributed by atoms with Gasteiger partial charge in [0.1, 0.15) is 0 Å². The number of piperidine rings is 1. The Morgan fingerprint density at radius 3 is 2.87 bits per heavy atom. The van der Waals surface area contributed by atoms with Gasteiger partial charge in [0, 0.05) is 31.4 Å². The first-order valence-electron chi connectivity index (χ1n) is 8.64. The highest BCUT2D eigenvalue weighted by molar-refractivity contribution is 5.37. The second kappa shape index (κ2) is 8.06. The molecule has 1 aromatic heterocycles. The van der Waals surface area contributed by atoms with Crippen LogP contribution in [-0.2, 0) is 6.42 Å². The lowest BCUT2D eigenvalue weighted by Crippen LogP contribution is -2.48. The molecular formula is C19H26N4. The summed E-state index contributed by atoms with van der Waals surface area (Å²) in [5, 5.41) is 12.0. The maximum atomic E-state index is 4.24. The van der Waals surface area contributed by atoms with Crippen LogP contribution in [0.1, 0.15) is 31.7 Å². The summed E-state index contributed by atoms with van der Waals surface area (Å²) >= 11 is 0. The van der Waals surface area contributed by atoms with Gasteiger partial charge in [-0.1, -0.05) is 30.3 Å². The molecule has 23 heavy (non-hydrogen) atoms. The molecule has 1 aromatic carbocycles. The highest BCUT2D eigenvalue weighted by Crippen LogP contribution is 2.17. The molecule has 0 saturated carbocycles. The Balaban J connectivity index is 1.47. The molecule has 1 fully saturated rings. The lowest BCUT2D eigenvalue weighted by molar-refractivity contribution is 0.372. The van der Waals surface area contributed by atoms with Crippen molar-refractivity contribution in [2.45, 2.75) is 44.7 Å². The summed E-state index contributed by atoms with van der Waals surface area (Å²) in [5.41, 5.74) is 1.42. The van der Waals surface area contributed by atoms with Gasteiger partial charge in [0.05, 0.1) is 0 Å². The number of aryl methyl sites for hydroxylation is 1. The number of nitrogens with one attached hydrogen (secondary N) is 1. The number of benzene rings is 1. The molecule has 1 saturated heterocycles. The molecule has 3 rings (SSSR count). The maximum absolute atomic E-state index is 4.24. The van der Waals surface area contributed by atoms with Gasteiger partial charge in [-0.25, -0.2) is 0 Å². The van der Waals surface area contributed by atoms with Crippen molar-refractivity contribution in [2.24, 2.45) is 0 Å². The summed E-state index contributed by atoms with van der Waals surface area (Å²) in [6, 6.07) is 15.8. The maximum Gasteiger partial charge on any atom is 0.151 e. The monoisotopic (exact) mass is 310 g/mol. The topological polar surface area (TPSA) is 41.0 Å². The Hall–Kier alpha value is -1.94. The van der Waals surface area contributed by atoms with E-state index in [4.69, 9.17) is 0 Å². The summed E-state index contributed by atoms with van der Waals surface area (Å²) < 4.78 is 0. The number of nitrogens with zero attached hydrogens (tertiary/aromatic N) is 3. The van der Waals surface area contributed by atoms with Crippen molar-refractivity contribution in [3.05, 3.63) is 54.2 Å². The minimum atomic E-state index is 0.530. The van der Waals surface area contributed by atoms with Gasteiger partial charge in [0.2, 0.25) is 0 Å². The van der Waals surface area contributed by atoms with Gasteiger partial charge in [-0.3, -0.25) is 0 Å². The van der Waals surface area contributed by atoms with Crippen LogP contribution in [0, 0.1) is 0 Å². The van der Waals surface area contributed by atoms with Crippen LogP contribution < -0.4 is 10.2 Å². The van der Waals surface area contributed by atoms with Gasteiger partial charge < -0.3 is 10.2 Å². The van der Waals surface area contributed by atoms with Crippen molar-refractivity contribution in [3.63, 3.8) is 0 Å². The molecule has 0 spiro atoms. The third-order valence-electron chi connectivity index (χ3n) is 4.53. The lowest BCUT2D eigenvalue weighted by atomic mass is 10.0. The Bertz CT molecular complexity index is 572. The Morgan fingerprint density at radius 1 is 1.22 bits per heavy atom. The summed E-state index contributed by atoms with van der Waals surface area (Å²) in [5.74, 6) is 0.996. The number of hydrogen-bond donors (Lipinski definition) is 1. The molecular weight excluding hydrogens is 284 g/mol. The van der Waals surface area contributed by atoms with E-state index in [1.165, 1.54) is 24.8 Å². The number of aromatic nitrogens is 2. The fraction of sp³-hybridized carbons (Fsp3) is 0.474. The van der Waals surface area contributed by atoms with E-state index in [1.807, 2.05) is 12.1 Å². The zero-order valence-electron chi connectivity index (χ0n) is 13.9. The van der Waals surface area contributed by atoms with Crippen LogP contribution >= 0.6 is 0 Å². The van der Waals surface area contributed by atoms with Crippen molar-refractivity contribution in [3.8, 4) is 0 Å². The molecule has 0 radical (unpaired) electrons. The van der Waals surface area contributed by atoms with Crippen molar-refractivity contribution < 1.29 is 0 Å². The SMILES string of the molecule is CC(CCc1ccccc1)NC1CCCN(c2cccnn2)C1. The molecule has 4 heteroatoms. The zero-order valence-corrected chi connectivity index (χ0v) is 13.9. The highest BCUT2D eigenvalue weighted by Gasteiger charge is 2.22. The van der Waals surface area contributed by atoms with Crippen molar-refractivity contribution >= 4 is 5.82 Å². The largest absolute Gasteiger partial charge is 0.354 e. The first-order chi connectivity index (χ1) is 11.3. The minimum Gasteiger partial charge on any atom is -0.354 e. The first-order valence-corrected chi connectivity index (χ1v) is 8.64. The second-order valence-corrected chi connectivity index (χ2v) is 6.46. The van der Waals surface area contributed by atoms with Crippen LogP contribution in [0.25, 0.3) is 0 Å². The van der Waals surface area contributed by atoms with Gasteiger partial charge in [0.25, 0.3) is 0 Å². The van der Waals surface area contributed by atoms with Gasteiger partial charge in [-0.15, -0.1) is 5.10 Å². The second-order valence-electron chi connectivity index (χ2n) is 6.46. The fourth-order valence-corrected chi connectivity index (χ4v) is 3.30. The van der Waals surface area contributed by atoms with Gasteiger partial charge in [-0.2, -0.15) is 5.10 Å². The third-order valence-corrected chi connectivity index (χ3v) is 4.53. The lowest BCUT2D eigenvalue weighted by Gasteiger charge is -2.35. The standard InChI is InChI=1S/C19H26N4/c1-16(11-12-17-7-3-2-4-8-17)21-18-9-6-14-23(15-18)19-10-5-13-20-22-19/h2-5,7-8,10,13,16,18,21H,6,9,11-12,14-15H2,1H3. The van der Waals surface area contributed by atoms with Crippen LogP contribution in [0.2, 0.25) is 0 Å². The molecule has 0 aliphatic carbocycles. The molecule has 2 heterocycles. The van der Waals surface area contributed by atoms with Gasteiger partial charge in [-0.05, 0) is 50.3 Å². The van der Waals surface area contributed by atoms with E-state index < -0.39 is 0 Å². The molecule has 2 aromatic rings. The van der Waals surface area contributed by atoms with E-state index in [1.54, 1.807) is 6.20 Å². The van der Waals surface area contributed by atoms with Crippen molar-refractivity contribution in [1.82, 2.24) is 15.5 Å². The molecule has 0 bridgehead atoms. The first kappa shape index (κ1) is 15.9. The highest BCUT2D eigenvalue weighted by atomic mass is 15.3. The van der Waals surface area contributed by atoms with E-state index in [-0.39, 0.29) is 0 Å². The molecule has 1 aliphatic heterocycles. The molecule has 4 nitrogen and oxygen atoms in total. The Kier molecular flexibility index (Phi) is 5.59. The van der Waals surface area contributed by atoms with Crippen LogP contribution in [0.15, 0.2) is 48.7 Å². The summed E-state index contributed by atoms with van der Waals surface area (Å²) in [6.07, 6.45) is 6.49. The summed E-state index contributed by atoms with van der Waals surface area (Å²) in [6.45, 7) is 4.40. The average Bonchev–Trinajstić information content (AvgIpc) is 2.62. The van der Waals surface area contributed by atoms with Crippen LogP contribution in [0.3, 0.4) is 0 Å². The van der Waals surface area contributed by atoms with Crippen LogP contribution in [-0.4, -0.2) is 35.4 Å². The molecule has 1 N–H and O–H groups in total. The number of anilines is 1. The third kappa shape index (κ3) is 4.76. The van der Waals surface area contributed by atoms with Crippen LogP contribution in [0.5, 0.6) is 0 Å². The molecule has 0 amide bonds. The Morgan fingerprint density at radius 2 is 2.09 bits per heavy atom. The molecule has 2 atom stereocenters. The normalized spacial score (nSPS) is 19.5. The van der Waals surface area contributed by atoms with Gasteiger partial charge in [0.15, 0.2) is 5.82 Å². The van der Waals surface area contributed by atoms with Gasteiger partial charge >= 0.3 is 0 Å². The number of hydrogen-bond acceptors (Lipinski definition) is 4. The fourth-order valence-electron chi connectivity index (χ4n) is 3.30. The smallest absolute Gasteiger partial charge is 0.151 e. The molecule has 2 unspecified atom stereocenters.